The average molecular weight is 604 g/mol. The Morgan fingerprint density at radius 2 is 1.82 bits per heavy atom. The van der Waals surface area contributed by atoms with Crippen molar-refractivity contribution in [2.45, 2.75) is 56.4 Å². The molecule has 1 amide bonds. The lowest BCUT2D eigenvalue weighted by molar-refractivity contribution is -0.131. The molecule has 3 heterocycles. The molecule has 0 bridgehead atoms. The molecule has 5 aromatic rings. The molecule has 0 unspecified atom stereocenters. The van der Waals surface area contributed by atoms with Crippen LogP contribution in [0.15, 0.2) is 60.8 Å². The number of carboxylic acids is 1. The predicted molar refractivity (Wildman–Crippen MR) is 174 cm³/mol. The minimum atomic E-state index is -0.992. The number of carbonyl (C=O) groups excluding carboxylic acids is 1. The topological polar surface area (TPSA) is 111 Å². The minimum absolute atomic E-state index is 0.127. The lowest BCUT2D eigenvalue weighted by atomic mass is 9.75. The first kappa shape index (κ1) is 28.8. The van der Waals surface area contributed by atoms with Gasteiger partial charge < -0.3 is 24.3 Å². The third-order valence-corrected chi connectivity index (χ3v) is 9.80. The highest BCUT2D eigenvalue weighted by Gasteiger charge is 2.44. The summed E-state index contributed by atoms with van der Waals surface area (Å²) in [6, 6.07) is 15.8. The molecule has 9 nitrogen and oxygen atoms in total. The van der Waals surface area contributed by atoms with Crippen LogP contribution in [0, 0.1) is 0 Å². The van der Waals surface area contributed by atoms with Crippen molar-refractivity contribution >= 4 is 39.9 Å². The van der Waals surface area contributed by atoms with E-state index in [0.717, 1.165) is 77.4 Å². The molecule has 2 aliphatic rings. The Labute approximate surface area is 261 Å². The summed E-state index contributed by atoms with van der Waals surface area (Å²) in [5.74, 6) is 0.737. The molecule has 9 heteroatoms. The van der Waals surface area contributed by atoms with Gasteiger partial charge in [-0.3, -0.25) is 4.79 Å². The molecule has 0 aliphatic heterocycles. The number of aliphatic carboxylic acids is 1. The molecular weight excluding hydrogens is 566 g/mol. The maximum absolute atomic E-state index is 14.0. The Morgan fingerprint density at radius 1 is 1.02 bits per heavy atom. The third kappa shape index (κ3) is 4.87. The Balaban J connectivity index is 1.26. The molecule has 0 atom stereocenters. The number of benzene rings is 2. The van der Waals surface area contributed by atoms with Gasteiger partial charge in [0.2, 0.25) is 5.88 Å². The van der Waals surface area contributed by atoms with Crippen LogP contribution in [0.5, 0.6) is 5.88 Å². The van der Waals surface area contributed by atoms with Crippen molar-refractivity contribution in [1.82, 2.24) is 24.4 Å². The number of nitrogens with one attached hydrogen (secondary N) is 1. The number of imidazole rings is 1. The van der Waals surface area contributed by atoms with Gasteiger partial charge in [-0.25, -0.2) is 14.8 Å². The summed E-state index contributed by atoms with van der Waals surface area (Å²) in [4.78, 5) is 34.4. The van der Waals surface area contributed by atoms with Crippen molar-refractivity contribution in [1.29, 1.82) is 0 Å². The first-order chi connectivity index (χ1) is 21.8. The van der Waals surface area contributed by atoms with E-state index < -0.39 is 11.5 Å². The van der Waals surface area contributed by atoms with Gasteiger partial charge in [0, 0.05) is 42.8 Å². The van der Waals surface area contributed by atoms with E-state index in [1.807, 2.05) is 48.0 Å². The van der Waals surface area contributed by atoms with Crippen LogP contribution in [0.2, 0.25) is 0 Å². The lowest BCUT2D eigenvalue weighted by Gasteiger charge is -2.41. The Kier molecular flexibility index (Phi) is 7.19. The summed E-state index contributed by atoms with van der Waals surface area (Å²) in [6.07, 6.45) is 11.8. The van der Waals surface area contributed by atoms with E-state index in [0.29, 0.717) is 17.4 Å². The number of hydrogen-bond donors (Lipinski definition) is 2. The summed E-state index contributed by atoms with van der Waals surface area (Å²) >= 11 is 0. The van der Waals surface area contributed by atoms with Gasteiger partial charge in [-0.05, 0) is 91.6 Å². The Morgan fingerprint density at radius 3 is 2.53 bits per heavy atom. The summed E-state index contributed by atoms with van der Waals surface area (Å²) in [7, 11) is 5.68. The molecule has 45 heavy (non-hydrogen) atoms. The third-order valence-electron chi connectivity index (χ3n) is 9.80. The number of carboxylic acid groups (broad SMARTS) is 1. The van der Waals surface area contributed by atoms with Crippen LogP contribution < -0.4 is 10.1 Å². The van der Waals surface area contributed by atoms with Crippen molar-refractivity contribution in [3.8, 4) is 17.1 Å². The van der Waals surface area contributed by atoms with Crippen molar-refractivity contribution in [2.75, 3.05) is 7.11 Å². The zero-order chi connectivity index (χ0) is 31.3. The second-order valence-corrected chi connectivity index (χ2v) is 12.4. The molecule has 7 rings (SSSR count). The largest absolute Gasteiger partial charge is 0.481 e. The fourth-order valence-corrected chi connectivity index (χ4v) is 7.42. The van der Waals surface area contributed by atoms with E-state index in [4.69, 9.17) is 14.8 Å². The van der Waals surface area contributed by atoms with Crippen LogP contribution in [0.1, 0.15) is 78.2 Å². The molecule has 3 aromatic heterocycles. The number of fused-ring (bicyclic) bond motifs is 2. The van der Waals surface area contributed by atoms with Gasteiger partial charge in [-0.2, -0.15) is 0 Å². The zero-order valence-corrected chi connectivity index (χ0v) is 25.8. The minimum Gasteiger partial charge on any atom is -0.481 e. The van der Waals surface area contributed by atoms with E-state index in [-0.39, 0.29) is 5.91 Å². The van der Waals surface area contributed by atoms with E-state index in [1.54, 1.807) is 19.4 Å². The van der Waals surface area contributed by atoms with Gasteiger partial charge in [0.1, 0.15) is 5.82 Å². The molecule has 0 saturated heterocycles. The molecular formula is C36H37N5O4. The highest BCUT2D eigenvalue weighted by Crippen LogP contribution is 2.46. The standard InChI is InChI=1S/C36H37N5O4/c1-40-28-21-24(13-14-25(28)31(23-8-4-5-9-23)32(40)26-10-6-19-37-34(26)45-3)33(44)39-36(17-7-18-36)35-38-27-15-11-22(12-16-30(42)43)20-29(27)41(35)2/h6,10-16,19-21,23H,4-5,7-9,17-18H2,1-3H3,(H,39,44)(H,42,43)/b16-12+. The second kappa shape index (κ2) is 11.2. The number of aryl methyl sites for hydroxylation is 2. The maximum atomic E-state index is 14.0. The van der Waals surface area contributed by atoms with Crippen molar-refractivity contribution in [3.05, 3.63) is 83.3 Å². The Hall–Kier alpha value is -4.92. The van der Waals surface area contributed by atoms with Crippen LogP contribution in [0.25, 0.3) is 39.3 Å². The van der Waals surface area contributed by atoms with Gasteiger partial charge in [-0.1, -0.05) is 25.0 Å². The number of pyridine rings is 1. The monoisotopic (exact) mass is 603 g/mol. The number of rotatable bonds is 8. The number of amides is 1. The number of aromatic nitrogens is 4. The first-order valence-corrected chi connectivity index (χ1v) is 15.6. The number of nitrogens with zero attached hydrogens (tertiary/aromatic N) is 4. The molecule has 230 valence electrons. The van der Waals surface area contributed by atoms with Crippen LogP contribution >= 0.6 is 0 Å². The first-order valence-electron chi connectivity index (χ1n) is 15.6. The van der Waals surface area contributed by atoms with Gasteiger partial charge in [0.05, 0.1) is 34.9 Å². The molecule has 0 spiro atoms. The van der Waals surface area contributed by atoms with Crippen LogP contribution in [0.3, 0.4) is 0 Å². The average Bonchev–Trinajstić information content (AvgIpc) is 3.74. The molecule has 2 fully saturated rings. The SMILES string of the molecule is COc1ncccc1-c1c(C2CCCC2)c2ccc(C(=O)NC3(c4nc5ccc(/C=C/C(=O)O)cc5n4C)CCC3)cc2n1C. The van der Waals surface area contributed by atoms with Crippen LogP contribution in [-0.2, 0) is 24.4 Å². The van der Waals surface area contributed by atoms with Gasteiger partial charge in [0.15, 0.2) is 0 Å². The zero-order valence-electron chi connectivity index (χ0n) is 25.8. The van der Waals surface area contributed by atoms with Crippen molar-refractivity contribution < 1.29 is 19.4 Å². The molecule has 0 radical (unpaired) electrons. The van der Waals surface area contributed by atoms with Gasteiger partial charge in [0.25, 0.3) is 5.91 Å². The summed E-state index contributed by atoms with van der Waals surface area (Å²) in [6.45, 7) is 0. The fraction of sp³-hybridized carbons (Fsp3) is 0.333. The lowest BCUT2D eigenvalue weighted by Crippen LogP contribution is -2.52. The van der Waals surface area contributed by atoms with E-state index in [1.165, 1.54) is 23.8 Å². The van der Waals surface area contributed by atoms with Crippen LogP contribution in [-0.4, -0.2) is 43.2 Å². The van der Waals surface area contributed by atoms with Gasteiger partial charge >= 0.3 is 5.97 Å². The molecule has 2 saturated carbocycles. The second-order valence-electron chi connectivity index (χ2n) is 12.4. The van der Waals surface area contributed by atoms with Crippen molar-refractivity contribution in [3.63, 3.8) is 0 Å². The number of methoxy groups -OCH3 is 1. The van der Waals surface area contributed by atoms with E-state index in [9.17, 15) is 9.59 Å². The van der Waals surface area contributed by atoms with E-state index >= 15 is 0 Å². The highest BCUT2D eigenvalue weighted by molar-refractivity contribution is 6.01. The smallest absolute Gasteiger partial charge is 0.328 e. The van der Waals surface area contributed by atoms with E-state index in [2.05, 4.69) is 34.0 Å². The predicted octanol–water partition coefficient (Wildman–Crippen LogP) is 6.70. The molecule has 2 N–H and O–H groups in total. The summed E-state index contributed by atoms with van der Waals surface area (Å²) in [5, 5.41) is 13.6. The number of hydrogen-bond acceptors (Lipinski definition) is 5. The molecule has 2 aliphatic carbocycles. The number of ether oxygens (including phenoxy) is 1. The molecule has 2 aromatic carbocycles. The van der Waals surface area contributed by atoms with Crippen LogP contribution in [0.4, 0.5) is 0 Å². The quantitative estimate of drug-likeness (QED) is 0.191. The normalized spacial score (nSPS) is 16.4. The van der Waals surface area contributed by atoms with Gasteiger partial charge in [-0.15, -0.1) is 0 Å². The Bertz CT molecular complexity index is 1990. The summed E-state index contributed by atoms with van der Waals surface area (Å²) in [5.41, 5.74) is 6.90. The maximum Gasteiger partial charge on any atom is 0.328 e. The number of carbonyl (C=O) groups is 2. The summed E-state index contributed by atoms with van der Waals surface area (Å²) < 4.78 is 9.90. The van der Waals surface area contributed by atoms with Crippen molar-refractivity contribution in [2.24, 2.45) is 14.1 Å². The fourth-order valence-electron chi connectivity index (χ4n) is 7.42. The highest BCUT2D eigenvalue weighted by atomic mass is 16.5.